The number of phosphoric acid groups is 1. The predicted octanol–water partition coefficient (Wildman–Crippen LogP) is -1.53. The highest BCUT2D eigenvalue weighted by atomic mass is 31.3. The topological polar surface area (TPSA) is 204 Å². The van der Waals surface area contributed by atoms with Gasteiger partial charge in [0, 0.05) is 6.20 Å². The summed E-state index contributed by atoms with van der Waals surface area (Å²) in [5, 5.41) is 20.2. The number of hydrogen-bond acceptors (Lipinski definition) is 10. The Kier molecular flexibility index (Phi) is 7.63. The number of hydrogen-bond donors (Lipinski definition) is 5. The van der Waals surface area contributed by atoms with Gasteiger partial charge in [0.2, 0.25) is 0 Å². The fraction of sp³-hybridized carbons (Fsp3) is 0.714. The SMILES string of the molecule is C[N+](C)(C)CCP(=O)(O)OP(=O)(O)OCC1OC(n2ccc(N)nc2=O)C(O)C1O. The Morgan fingerprint density at radius 2 is 1.90 bits per heavy atom. The quantitative estimate of drug-likeness (QED) is 0.205. The zero-order valence-corrected chi connectivity index (χ0v) is 18.4. The van der Waals surface area contributed by atoms with Gasteiger partial charge >= 0.3 is 21.1 Å². The van der Waals surface area contributed by atoms with Crippen LogP contribution in [0.4, 0.5) is 5.82 Å². The van der Waals surface area contributed by atoms with E-state index in [9.17, 15) is 33.9 Å². The average Bonchev–Trinajstić information content (AvgIpc) is 2.85. The minimum Gasteiger partial charge on any atom is -0.387 e. The van der Waals surface area contributed by atoms with Gasteiger partial charge in [-0.1, -0.05) is 0 Å². The van der Waals surface area contributed by atoms with Gasteiger partial charge in [-0.15, -0.1) is 0 Å². The van der Waals surface area contributed by atoms with E-state index in [0.29, 0.717) is 4.48 Å². The maximum atomic E-state index is 12.0. The smallest absolute Gasteiger partial charge is 0.387 e. The third-order valence-electron chi connectivity index (χ3n) is 4.15. The van der Waals surface area contributed by atoms with Crippen LogP contribution in [0.3, 0.4) is 0 Å². The summed E-state index contributed by atoms with van der Waals surface area (Å²) in [6.45, 7) is -0.578. The largest absolute Gasteiger partial charge is 0.479 e. The summed E-state index contributed by atoms with van der Waals surface area (Å²) in [5.41, 5.74) is 4.55. The first-order valence-corrected chi connectivity index (χ1v) is 12.0. The first-order valence-electron chi connectivity index (χ1n) is 8.77. The van der Waals surface area contributed by atoms with Crippen molar-refractivity contribution in [2.45, 2.75) is 24.5 Å². The molecule has 1 aliphatic rings. The van der Waals surface area contributed by atoms with Crippen molar-refractivity contribution in [1.29, 1.82) is 0 Å². The Balaban J connectivity index is 2.00. The van der Waals surface area contributed by atoms with Crippen LogP contribution in [0.15, 0.2) is 17.1 Å². The monoisotopic (exact) mass is 473 g/mol. The Morgan fingerprint density at radius 3 is 2.47 bits per heavy atom. The highest BCUT2D eigenvalue weighted by Gasteiger charge is 2.46. The summed E-state index contributed by atoms with van der Waals surface area (Å²) in [6.07, 6.45) is -5.08. The summed E-state index contributed by atoms with van der Waals surface area (Å²) in [6, 6.07) is 1.28. The van der Waals surface area contributed by atoms with Crippen LogP contribution in [0, 0.1) is 0 Å². The second kappa shape index (κ2) is 9.13. The molecule has 2 heterocycles. The van der Waals surface area contributed by atoms with E-state index < -0.39 is 52.3 Å². The maximum absolute atomic E-state index is 12.0. The number of nitrogens with zero attached hydrogens (tertiary/aromatic N) is 3. The van der Waals surface area contributed by atoms with Gasteiger partial charge in [0.05, 0.1) is 40.5 Å². The van der Waals surface area contributed by atoms with Gasteiger partial charge in [-0.3, -0.25) is 13.7 Å². The molecule has 2 rings (SSSR count). The summed E-state index contributed by atoms with van der Waals surface area (Å²) in [7, 11) is -4.15. The molecule has 1 aromatic heterocycles. The molecule has 16 heteroatoms. The molecule has 6 atom stereocenters. The number of aliphatic hydroxyl groups is 2. The second-order valence-electron chi connectivity index (χ2n) is 7.81. The van der Waals surface area contributed by atoms with E-state index in [2.05, 4.69) is 13.8 Å². The van der Waals surface area contributed by atoms with Crippen LogP contribution in [0.2, 0.25) is 0 Å². The molecule has 14 nitrogen and oxygen atoms in total. The number of nitrogen functional groups attached to an aromatic ring is 1. The summed E-state index contributed by atoms with van der Waals surface area (Å²) < 4.78 is 39.7. The number of nitrogens with two attached hydrogens (primary N) is 1. The van der Waals surface area contributed by atoms with Crippen molar-refractivity contribution in [2.75, 3.05) is 46.2 Å². The minimum absolute atomic E-state index is 0.0544. The van der Waals surface area contributed by atoms with Gasteiger partial charge in [0.25, 0.3) is 0 Å². The number of phosphoric ester groups is 1. The first-order chi connectivity index (χ1) is 13.6. The van der Waals surface area contributed by atoms with Crippen molar-refractivity contribution in [3.8, 4) is 0 Å². The molecule has 0 aliphatic carbocycles. The molecule has 1 aromatic rings. The van der Waals surface area contributed by atoms with Crippen molar-refractivity contribution >= 4 is 21.2 Å². The lowest BCUT2D eigenvalue weighted by atomic mass is 10.1. The number of rotatable bonds is 9. The van der Waals surface area contributed by atoms with E-state index >= 15 is 0 Å². The second-order valence-corrected chi connectivity index (χ2v) is 11.4. The van der Waals surface area contributed by atoms with Crippen molar-refractivity contribution in [1.82, 2.24) is 9.55 Å². The lowest BCUT2D eigenvalue weighted by molar-refractivity contribution is -0.867. The molecule has 6 N–H and O–H groups in total. The Morgan fingerprint density at radius 1 is 1.27 bits per heavy atom. The average molecular weight is 473 g/mol. The summed E-state index contributed by atoms with van der Waals surface area (Å²) in [4.78, 5) is 34.9. The molecule has 6 unspecified atom stereocenters. The van der Waals surface area contributed by atoms with E-state index in [-0.39, 0.29) is 18.5 Å². The predicted molar refractivity (Wildman–Crippen MR) is 103 cm³/mol. The van der Waals surface area contributed by atoms with Crippen LogP contribution >= 0.6 is 15.4 Å². The van der Waals surface area contributed by atoms with E-state index in [1.165, 1.54) is 12.3 Å². The van der Waals surface area contributed by atoms with Crippen molar-refractivity contribution < 1.29 is 47.2 Å². The molecule has 172 valence electrons. The zero-order chi connectivity index (χ0) is 22.9. The van der Waals surface area contributed by atoms with E-state index in [1.807, 2.05) is 0 Å². The fourth-order valence-corrected chi connectivity index (χ4v) is 5.53. The minimum atomic E-state index is -4.99. The van der Waals surface area contributed by atoms with Crippen LogP contribution in [0.5, 0.6) is 0 Å². The highest BCUT2D eigenvalue weighted by molar-refractivity contribution is 7.64. The third kappa shape index (κ3) is 6.92. The Labute approximate surface area is 172 Å². The molecule has 0 amide bonds. The fourth-order valence-electron chi connectivity index (χ4n) is 2.54. The van der Waals surface area contributed by atoms with E-state index in [4.69, 9.17) is 10.5 Å². The lowest BCUT2D eigenvalue weighted by Gasteiger charge is -2.25. The molecule has 30 heavy (non-hydrogen) atoms. The Hall–Kier alpha value is -1.18. The zero-order valence-electron chi connectivity index (χ0n) is 16.6. The van der Waals surface area contributed by atoms with Gasteiger partial charge in [0.1, 0.15) is 24.1 Å². The van der Waals surface area contributed by atoms with E-state index in [1.54, 1.807) is 21.1 Å². The number of aliphatic hydroxyl groups excluding tert-OH is 2. The molecular weight excluding hydrogens is 446 g/mol. The maximum Gasteiger partial charge on any atom is 0.479 e. The molecule has 1 saturated heterocycles. The molecular formula is C14H27N4O10P2+. The van der Waals surface area contributed by atoms with Crippen molar-refractivity contribution in [3.05, 3.63) is 22.7 Å². The first kappa shape index (κ1) is 25.1. The van der Waals surface area contributed by atoms with Crippen LogP contribution in [0.25, 0.3) is 0 Å². The number of ether oxygens (including phenoxy) is 1. The van der Waals surface area contributed by atoms with Gasteiger partial charge < -0.3 is 35.0 Å². The standard InChI is InChI=1S/C14H26N4O10P2/c1-18(2,3)6-7-29(22,23)28-30(24,25)26-8-9-11(19)12(20)13(27-9)17-5-4-10(15)16-14(17)21/h4-5,9,11-13,19-20H,6-8H2,1-3H3,(H3-,15,16,21,22,23,24,25)/p+1. The summed E-state index contributed by atoms with van der Waals surface area (Å²) >= 11 is 0. The number of quaternary nitrogens is 1. The molecule has 0 radical (unpaired) electrons. The van der Waals surface area contributed by atoms with Gasteiger partial charge in [-0.25, -0.2) is 13.7 Å². The molecule has 0 bridgehead atoms. The highest BCUT2D eigenvalue weighted by Crippen LogP contribution is 2.59. The van der Waals surface area contributed by atoms with Crippen molar-refractivity contribution in [3.63, 3.8) is 0 Å². The normalized spacial score (nSPS) is 28.8. The van der Waals surface area contributed by atoms with Crippen LogP contribution in [0.1, 0.15) is 6.23 Å². The molecule has 0 saturated carbocycles. The third-order valence-corrected chi connectivity index (χ3v) is 7.24. The van der Waals surface area contributed by atoms with Crippen LogP contribution in [-0.2, 0) is 22.7 Å². The Bertz CT molecular complexity index is 903. The van der Waals surface area contributed by atoms with Crippen LogP contribution < -0.4 is 11.4 Å². The molecule has 1 aliphatic heterocycles. The van der Waals surface area contributed by atoms with Gasteiger partial charge in [0.15, 0.2) is 6.23 Å². The lowest BCUT2D eigenvalue weighted by Crippen LogP contribution is -2.37. The van der Waals surface area contributed by atoms with Gasteiger partial charge in [-0.05, 0) is 6.07 Å². The molecule has 0 spiro atoms. The number of anilines is 1. The van der Waals surface area contributed by atoms with Crippen LogP contribution in [-0.4, -0.2) is 92.8 Å². The number of aromatic nitrogens is 2. The van der Waals surface area contributed by atoms with Gasteiger partial charge in [-0.2, -0.15) is 4.98 Å². The molecule has 1 fully saturated rings. The van der Waals surface area contributed by atoms with E-state index in [0.717, 1.165) is 4.57 Å². The summed E-state index contributed by atoms with van der Waals surface area (Å²) in [5.74, 6) is -0.0544. The van der Waals surface area contributed by atoms with Crippen molar-refractivity contribution in [2.24, 2.45) is 0 Å². The molecule has 0 aromatic carbocycles.